The maximum atomic E-state index is 11.2. The highest BCUT2D eigenvalue weighted by Gasteiger charge is 2.16. The van der Waals surface area contributed by atoms with Crippen molar-refractivity contribution in [2.45, 2.75) is 0 Å². The molecule has 0 aliphatic heterocycles. The molecule has 0 N–H and O–H groups in total. The summed E-state index contributed by atoms with van der Waals surface area (Å²) in [5, 5.41) is 0. The summed E-state index contributed by atoms with van der Waals surface area (Å²) in [7, 11) is 6.67. The molecule has 0 aromatic heterocycles. The average Bonchev–Trinajstić information content (AvgIpc) is 2.47. The Morgan fingerprint density at radius 1 is 1.21 bits per heavy atom. The van der Waals surface area contributed by atoms with Crippen molar-refractivity contribution in [2.24, 2.45) is 0 Å². The monoisotopic (exact) mass is 295 g/mol. The van der Waals surface area contributed by atoms with Gasteiger partial charge in [-0.1, -0.05) is 18.2 Å². The van der Waals surface area contributed by atoms with Crippen LogP contribution >= 0.6 is 8.13 Å². The fourth-order valence-electron chi connectivity index (χ4n) is 1.13. The average molecular weight is 295 g/mol. The van der Waals surface area contributed by atoms with E-state index in [-0.39, 0.29) is 11.1 Å². The van der Waals surface area contributed by atoms with Crippen molar-refractivity contribution in [1.82, 2.24) is 0 Å². The maximum Gasteiger partial charge on any atom is 0.338 e. The molecule has 1 aromatic rings. The Bertz CT molecular complexity index is 399. The molecule has 6 heteroatoms. The predicted octanol–water partition coefficient (Wildman–Crippen LogP) is 2.19. The lowest BCUT2D eigenvalue weighted by Gasteiger charge is -2.04. The summed E-state index contributed by atoms with van der Waals surface area (Å²) >= 11 is 0. The number of rotatable bonds is 4. The van der Waals surface area contributed by atoms with Gasteiger partial charge in [0.15, 0.2) is 0 Å². The molecule has 0 amide bonds. The minimum Gasteiger partial charge on any atom is -0.465 e. The molecule has 1 aromatic carbocycles. The lowest BCUT2D eigenvalue weighted by molar-refractivity contribution is 0.0555. The second-order valence-electron chi connectivity index (χ2n) is 3.20. The number of benzene rings is 1. The van der Waals surface area contributed by atoms with Crippen LogP contribution < -0.4 is 0 Å². The summed E-state index contributed by atoms with van der Waals surface area (Å²) in [5.74, 6) is -1.10. The van der Waals surface area contributed by atoms with Gasteiger partial charge in [0.1, 0.15) is 0 Å². The molecule has 4 nitrogen and oxygen atoms in total. The molecule has 0 fully saturated rings. The van der Waals surface area contributed by atoms with E-state index >= 15 is 0 Å². The minimum absolute atomic E-state index is 0.210. The van der Waals surface area contributed by atoms with Crippen LogP contribution in [0.25, 0.3) is 0 Å². The molecule has 0 spiro atoms. The van der Waals surface area contributed by atoms with E-state index in [0.29, 0.717) is 0 Å². The Kier molecular flexibility index (Phi) is 9.67. The van der Waals surface area contributed by atoms with Crippen LogP contribution in [0.5, 0.6) is 0 Å². The highest BCUT2D eigenvalue weighted by atomic mass is 31.3. The van der Waals surface area contributed by atoms with Gasteiger partial charge >= 0.3 is 11.9 Å². The van der Waals surface area contributed by atoms with Gasteiger partial charge < -0.3 is 9.47 Å². The normalized spacial score (nSPS) is 9.42. The van der Waals surface area contributed by atoms with Gasteiger partial charge in [-0.25, -0.2) is 9.59 Å². The molecule has 1 rings (SSSR count). The van der Waals surface area contributed by atoms with Crippen molar-refractivity contribution in [3.05, 3.63) is 48.0 Å². The molecular weight excluding hydrogens is 279 g/mol. The fraction of sp³-hybridized carbons (Fsp3) is 0.231. The third-order valence-corrected chi connectivity index (χ3v) is 3.09. The van der Waals surface area contributed by atoms with E-state index in [1.165, 1.54) is 26.4 Å². The van der Waals surface area contributed by atoms with Gasteiger partial charge in [-0.2, -0.15) is 0 Å². The second kappa shape index (κ2) is 10.5. The molecule has 1 atom stereocenters. The van der Waals surface area contributed by atoms with Crippen molar-refractivity contribution < 1.29 is 19.1 Å². The van der Waals surface area contributed by atoms with Crippen LogP contribution in [0.15, 0.2) is 36.9 Å². The zero-order valence-electron chi connectivity index (χ0n) is 10.9. The molecule has 0 aliphatic carbocycles. The van der Waals surface area contributed by atoms with Crippen molar-refractivity contribution >= 4 is 30.0 Å². The van der Waals surface area contributed by atoms with Gasteiger partial charge in [0.2, 0.25) is 0 Å². The van der Waals surface area contributed by atoms with Crippen LogP contribution in [-0.4, -0.2) is 42.2 Å². The lowest BCUT2D eigenvalue weighted by atomic mass is 10.1. The van der Waals surface area contributed by atoms with E-state index in [2.05, 4.69) is 26.0 Å². The Hall–Kier alpha value is -1.45. The molecule has 0 saturated heterocycles. The summed E-state index contributed by atoms with van der Waals surface area (Å²) in [6.45, 7) is 3.53. The topological polar surface area (TPSA) is 52.6 Å². The van der Waals surface area contributed by atoms with Crippen molar-refractivity contribution in [3.63, 3.8) is 0 Å². The van der Waals surface area contributed by atoms with Gasteiger partial charge in [-0.15, -0.1) is 14.7 Å². The number of hydrogen-bond acceptors (Lipinski definition) is 4. The fourth-order valence-corrected chi connectivity index (χ4v) is 1.71. The van der Waals surface area contributed by atoms with Crippen LogP contribution in [0, 0.1) is 0 Å². The second-order valence-corrected chi connectivity index (χ2v) is 5.02. The highest BCUT2D eigenvalue weighted by molar-refractivity contribution is 7.66. The van der Waals surface area contributed by atoms with Crippen LogP contribution in [0.4, 0.5) is 0 Å². The Morgan fingerprint density at radius 2 is 1.63 bits per heavy atom. The third kappa shape index (κ3) is 6.32. The van der Waals surface area contributed by atoms with Crippen LogP contribution in [0.1, 0.15) is 20.7 Å². The summed E-state index contributed by atoms with van der Waals surface area (Å²) < 4.78 is 9.05. The SMILES string of the molecule is C=CCP[Si].COC(=O)c1ccccc1C(=O)OC. The van der Waals surface area contributed by atoms with E-state index in [9.17, 15) is 9.59 Å². The molecule has 101 valence electrons. The predicted molar refractivity (Wildman–Crippen MR) is 78.3 cm³/mol. The molecule has 0 saturated carbocycles. The molecule has 0 aliphatic rings. The number of carbonyl (C=O) groups is 2. The van der Waals surface area contributed by atoms with Gasteiger partial charge in [0.25, 0.3) is 0 Å². The van der Waals surface area contributed by atoms with Crippen LogP contribution in [0.3, 0.4) is 0 Å². The number of carbonyl (C=O) groups excluding carboxylic acids is 2. The van der Waals surface area contributed by atoms with E-state index < -0.39 is 11.9 Å². The summed E-state index contributed by atoms with van der Waals surface area (Å²) in [6.07, 6.45) is 2.99. The number of methoxy groups -OCH3 is 2. The number of allylic oxidation sites excluding steroid dienone is 1. The Morgan fingerprint density at radius 3 is 1.84 bits per heavy atom. The number of esters is 2. The molecule has 1 unspecified atom stereocenters. The molecule has 0 heterocycles. The first-order valence-corrected chi connectivity index (χ1v) is 8.09. The summed E-state index contributed by atoms with van der Waals surface area (Å²) in [6, 6.07) is 6.33. The van der Waals surface area contributed by atoms with Gasteiger partial charge in [0, 0.05) is 0 Å². The standard InChI is InChI=1S/C10H10O4.C3H6PSi/c1-13-9(11)7-5-3-4-6-8(7)10(12)14-2;1-2-3-4-5/h3-6H,1-2H3;2,4H,1,3H2. The Labute approximate surface area is 118 Å². The molecule has 3 radical (unpaired) electrons. The zero-order chi connectivity index (χ0) is 14.7. The van der Waals surface area contributed by atoms with Crippen LogP contribution in [-0.2, 0) is 9.47 Å². The van der Waals surface area contributed by atoms with E-state index in [1.54, 1.807) is 12.1 Å². The quantitative estimate of drug-likeness (QED) is 0.370. The van der Waals surface area contributed by atoms with Gasteiger partial charge in [-0.05, 0) is 18.3 Å². The summed E-state index contributed by atoms with van der Waals surface area (Å²) in [4.78, 5) is 22.4. The largest absolute Gasteiger partial charge is 0.465 e. The Balaban J connectivity index is 0.000000555. The van der Waals surface area contributed by atoms with E-state index in [4.69, 9.17) is 0 Å². The highest BCUT2D eigenvalue weighted by Crippen LogP contribution is 2.10. The van der Waals surface area contributed by atoms with Gasteiger partial charge in [-0.3, -0.25) is 0 Å². The van der Waals surface area contributed by atoms with Crippen molar-refractivity contribution in [1.29, 1.82) is 0 Å². The number of ether oxygens (including phenoxy) is 2. The lowest BCUT2D eigenvalue weighted by Crippen LogP contribution is -2.11. The smallest absolute Gasteiger partial charge is 0.338 e. The molecule has 0 bridgehead atoms. The van der Waals surface area contributed by atoms with Gasteiger partial charge in [0.05, 0.1) is 35.3 Å². The third-order valence-electron chi connectivity index (χ3n) is 1.98. The van der Waals surface area contributed by atoms with Crippen molar-refractivity contribution in [3.8, 4) is 0 Å². The first-order valence-electron chi connectivity index (χ1n) is 5.38. The maximum absolute atomic E-state index is 11.2. The minimum atomic E-state index is -0.550. The van der Waals surface area contributed by atoms with E-state index in [0.717, 1.165) is 14.3 Å². The summed E-state index contributed by atoms with van der Waals surface area (Å²) in [5.41, 5.74) is 0.420. The first-order chi connectivity index (χ1) is 9.12. The van der Waals surface area contributed by atoms with Crippen LogP contribution in [0.2, 0.25) is 0 Å². The van der Waals surface area contributed by atoms with E-state index in [1.807, 2.05) is 6.08 Å². The number of hydrogen-bond donors (Lipinski definition) is 0. The first kappa shape index (κ1) is 17.5. The molecule has 19 heavy (non-hydrogen) atoms. The molecular formula is C13H16O4PSi. The van der Waals surface area contributed by atoms with Crippen molar-refractivity contribution in [2.75, 3.05) is 20.4 Å². The zero-order valence-corrected chi connectivity index (χ0v) is 12.9.